The summed E-state index contributed by atoms with van der Waals surface area (Å²) in [5.74, 6) is 0. The van der Waals surface area contributed by atoms with E-state index < -0.39 is 16.7 Å². The van der Waals surface area contributed by atoms with Crippen LogP contribution in [0.1, 0.15) is 16.8 Å². The highest BCUT2D eigenvalue weighted by Gasteiger charge is 2.31. The van der Waals surface area contributed by atoms with Crippen LogP contribution in [0.15, 0.2) is 42.6 Å². The molecule has 0 aliphatic rings. The lowest BCUT2D eigenvalue weighted by atomic mass is 10.0. The third-order valence-corrected chi connectivity index (χ3v) is 3.63. The zero-order chi connectivity index (χ0) is 18.6. The van der Waals surface area contributed by atoms with Crippen molar-refractivity contribution < 1.29 is 22.9 Å². The van der Waals surface area contributed by atoms with Crippen molar-refractivity contribution >= 4 is 29.1 Å². The molecule has 9 heteroatoms. The van der Waals surface area contributed by atoms with Crippen LogP contribution in [0.3, 0.4) is 0 Å². The number of halogens is 4. The molecule has 0 aliphatic heterocycles. The van der Waals surface area contributed by atoms with Gasteiger partial charge in [0, 0.05) is 24.3 Å². The number of aldehydes is 1. The van der Waals surface area contributed by atoms with Crippen molar-refractivity contribution in [3.63, 3.8) is 0 Å². The van der Waals surface area contributed by atoms with Gasteiger partial charge in [-0.2, -0.15) is 13.2 Å². The second-order valence-corrected chi connectivity index (χ2v) is 5.31. The fourth-order valence-corrected chi connectivity index (χ4v) is 2.32. The van der Waals surface area contributed by atoms with Gasteiger partial charge in [-0.15, -0.1) is 0 Å². The number of nitro benzene ring substituents is 1. The SMILES string of the molecule is O=CC(=CCc1ncc(C(F)(F)F)cc1Cl)c1ccccc1[N+](=O)[O-]. The van der Waals surface area contributed by atoms with Gasteiger partial charge in [0.1, 0.15) is 0 Å². The molecule has 0 unspecified atom stereocenters. The highest BCUT2D eigenvalue weighted by Crippen LogP contribution is 2.31. The Balaban J connectivity index is 2.34. The first-order valence-electron chi connectivity index (χ1n) is 6.84. The predicted octanol–water partition coefficient (Wildman–Crippen LogP) is 4.49. The Labute approximate surface area is 144 Å². The third-order valence-electron chi connectivity index (χ3n) is 3.30. The second-order valence-electron chi connectivity index (χ2n) is 4.91. The molecule has 2 rings (SSSR count). The standard InChI is InChI=1S/C16H10ClF3N2O3/c17-13-7-11(16(18,19)20)8-21-14(13)6-5-10(9-23)12-3-1-2-4-15(12)22(24)25/h1-5,7-9H,6H2. The zero-order valence-corrected chi connectivity index (χ0v) is 13.2. The summed E-state index contributed by atoms with van der Waals surface area (Å²) in [4.78, 5) is 25.3. The molecule has 0 amide bonds. The Morgan fingerprint density at radius 1 is 1.32 bits per heavy atom. The Bertz CT molecular complexity index is 851. The summed E-state index contributed by atoms with van der Waals surface area (Å²) >= 11 is 5.80. The molecule has 25 heavy (non-hydrogen) atoms. The topological polar surface area (TPSA) is 73.1 Å². The van der Waals surface area contributed by atoms with E-state index in [-0.39, 0.29) is 34.0 Å². The van der Waals surface area contributed by atoms with Crippen molar-refractivity contribution in [2.24, 2.45) is 0 Å². The van der Waals surface area contributed by atoms with Crippen molar-refractivity contribution in [3.8, 4) is 0 Å². The fourth-order valence-electron chi connectivity index (χ4n) is 2.08. The number of carbonyl (C=O) groups is 1. The van der Waals surface area contributed by atoms with Crippen LogP contribution in [-0.2, 0) is 17.4 Å². The quantitative estimate of drug-likeness (QED) is 0.336. The molecule has 5 nitrogen and oxygen atoms in total. The van der Waals surface area contributed by atoms with Gasteiger partial charge in [-0.1, -0.05) is 29.8 Å². The third kappa shape index (κ3) is 4.42. The van der Waals surface area contributed by atoms with E-state index in [0.29, 0.717) is 12.5 Å². The van der Waals surface area contributed by atoms with Crippen LogP contribution in [0.5, 0.6) is 0 Å². The summed E-state index contributed by atoms with van der Waals surface area (Å²) in [6.45, 7) is 0. The lowest BCUT2D eigenvalue weighted by Crippen LogP contribution is -2.06. The van der Waals surface area contributed by atoms with E-state index in [4.69, 9.17) is 11.6 Å². The van der Waals surface area contributed by atoms with E-state index in [0.717, 1.165) is 6.07 Å². The minimum absolute atomic E-state index is 0.0186. The molecule has 1 aromatic carbocycles. The van der Waals surface area contributed by atoms with Crippen molar-refractivity contribution in [3.05, 3.63) is 74.6 Å². The summed E-state index contributed by atoms with van der Waals surface area (Å²) in [5.41, 5.74) is -1.00. The number of rotatable bonds is 5. The van der Waals surface area contributed by atoms with Gasteiger partial charge in [0.25, 0.3) is 5.69 Å². The smallest absolute Gasteiger partial charge is 0.298 e. The van der Waals surface area contributed by atoms with Crippen molar-refractivity contribution in [2.75, 3.05) is 0 Å². The van der Waals surface area contributed by atoms with Gasteiger partial charge in [0.2, 0.25) is 0 Å². The molecule has 0 fully saturated rings. The monoisotopic (exact) mass is 370 g/mol. The lowest BCUT2D eigenvalue weighted by Gasteiger charge is -2.08. The van der Waals surface area contributed by atoms with Gasteiger partial charge in [-0.05, 0) is 12.1 Å². The number of pyridine rings is 1. The van der Waals surface area contributed by atoms with Gasteiger partial charge in [-0.3, -0.25) is 19.9 Å². The summed E-state index contributed by atoms with van der Waals surface area (Å²) in [6, 6.07) is 6.38. The molecule has 0 atom stereocenters. The first-order valence-corrected chi connectivity index (χ1v) is 7.22. The average Bonchev–Trinajstić information content (AvgIpc) is 2.56. The number of benzene rings is 1. The van der Waals surface area contributed by atoms with E-state index in [9.17, 15) is 28.1 Å². The minimum atomic E-state index is -4.57. The molecule has 0 spiro atoms. The molecular formula is C16H10ClF3N2O3. The van der Waals surface area contributed by atoms with Crippen LogP contribution in [0.4, 0.5) is 18.9 Å². The van der Waals surface area contributed by atoms with Crippen LogP contribution in [0.2, 0.25) is 5.02 Å². The Morgan fingerprint density at radius 3 is 2.56 bits per heavy atom. The number of alkyl halides is 3. The molecule has 1 heterocycles. The number of allylic oxidation sites excluding steroid dienone is 2. The van der Waals surface area contributed by atoms with E-state index >= 15 is 0 Å². The van der Waals surface area contributed by atoms with Crippen LogP contribution in [-0.4, -0.2) is 16.2 Å². The molecule has 2 aromatic rings. The summed E-state index contributed by atoms with van der Waals surface area (Å²) in [7, 11) is 0. The molecule has 0 saturated heterocycles. The van der Waals surface area contributed by atoms with Crippen LogP contribution < -0.4 is 0 Å². The van der Waals surface area contributed by atoms with E-state index in [1.54, 1.807) is 0 Å². The maximum absolute atomic E-state index is 12.6. The maximum atomic E-state index is 12.6. The summed E-state index contributed by atoms with van der Waals surface area (Å²) in [6.07, 6.45) is -2.22. The molecule has 130 valence electrons. The van der Waals surface area contributed by atoms with Gasteiger partial charge in [-0.25, -0.2) is 0 Å². The molecular weight excluding hydrogens is 361 g/mol. The van der Waals surface area contributed by atoms with Gasteiger partial charge in [0.15, 0.2) is 6.29 Å². The Morgan fingerprint density at radius 2 is 2.00 bits per heavy atom. The lowest BCUT2D eigenvalue weighted by molar-refractivity contribution is -0.385. The van der Waals surface area contributed by atoms with Crippen molar-refractivity contribution in [1.82, 2.24) is 4.98 Å². The number of aromatic nitrogens is 1. The highest BCUT2D eigenvalue weighted by atomic mass is 35.5. The maximum Gasteiger partial charge on any atom is 0.417 e. The first-order chi connectivity index (χ1) is 11.7. The summed E-state index contributed by atoms with van der Waals surface area (Å²) in [5, 5.41) is 10.8. The van der Waals surface area contributed by atoms with Crippen LogP contribution >= 0.6 is 11.6 Å². The molecule has 1 aromatic heterocycles. The number of carbonyl (C=O) groups excluding carboxylic acids is 1. The second kappa shape index (κ2) is 7.43. The Kier molecular flexibility index (Phi) is 5.53. The molecule has 0 aliphatic carbocycles. The summed E-state index contributed by atoms with van der Waals surface area (Å²) < 4.78 is 37.8. The minimum Gasteiger partial charge on any atom is -0.298 e. The molecule has 0 radical (unpaired) electrons. The molecule has 0 bridgehead atoms. The first kappa shape index (κ1) is 18.6. The number of nitrogens with zero attached hydrogens (tertiary/aromatic N) is 2. The number of para-hydroxylation sites is 1. The van der Waals surface area contributed by atoms with Gasteiger partial charge >= 0.3 is 6.18 Å². The number of nitro groups is 1. The Hall–Kier alpha value is -2.74. The highest BCUT2D eigenvalue weighted by molar-refractivity contribution is 6.31. The average molecular weight is 371 g/mol. The van der Waals surface area contributed by atoms with E-state index in [1.165, 1.54) is 30.3 Å². The zero-order valence-electron chi connectivity index (χ0n) is 12.5. The fraction of sp³-hybridized carbons (Fsp3) is 0.125. The van der Waals surface area contributed by atoms with Crippen molar-refractivity contribution in [1.29, 1.82) is 0 Å². The normalized spacial score (nSPS) is 12.1. The van der Waals surface area contributed by atoms with Crippen molar-refractivity contribution in [2.45, 2.75) is 12.6 Å². The number of hydrogen-bond acceptors (Lipinski definition) is 4. The molecule has 0 saturated carbocycles. The van der Waals surface area contributed by atoms with E-state index in [1.807, 2.05) is 0 Å². The van der Waals surface area contributed by atoms with Crippen LogP contribution in [0, 0.1) is 10.1 Å². The predicted molar refractivity (Wildman–Crippen MR) is 85.1 cm³/mol. The van der Waals surface area contributed by atoms with Crippen LogP contribution in [0.25, 0.3) is 5.57 Å². The number of hydrogen-bond donors (Lipinski definition) is 0. The van der Waals surface area contributed by atoms with Gasteiger partial charge in [0.05, 0.1) is 26.8 Å². The van der Waals surface area contributed by atoms with E-state index in [2.05, 4.69) is 4.98 Å². The van der Waals surface area contributed by atoms with Gasteiger partial charge < -0.3 is 0 Å². The molecule has 0 N–H and O–H groups in total. The largest absolute Gasteiger partial charge is 0.417 e.